The molecule has 1 fully saturated rings. The van der Waals surface area contributed by atoms with E-state index >= 15 is 0 Å². The van der Waals surface area contributed by atoms with Crippen LogP contribution in [0.15, 0.2) is 42.6 Å². The number of rotatable bonds is 4. The number of anilines is 1. The van der Waals surface area contributed by atoms with Gasteiger partial charge in [-0.3, -0.25) is 0 Å². The summed E-state index contributed by atoms with van der Waals surface area (Å²) in [6, 6.07) is 12.2. The summed E-state index contributed by atoms with van der Waals surface area (Å²) in [4.78, 5) is 4.32. The second kappa shape index (κ2) is 7.18. The highest BCUT2D eigenvalue weighted by Crippen LogP contribution is 2.39. The van der Waals surface area contributed by atoms with Gasteiger partial charge in [-0.25, -0.2) is 4.98 Å². The lowest BCUT2D eigenvalue weighted by atomic mass is 9.88. The lowest BCUT2D eigenvalue weighted by molar-refractivity contribution is 0.401. The Labute approximate surface area is 148 Å². The minimum Gasteiger partial charge on any atom is -0.497 e. The molecule has 4 nitrogen and oxygen atoms in total. The summed E-state index contributed by atoms with van der Waals surface area (Å²) in [5, 5.41) is 7.38. The van der Waals surface area contributed by atoms with E-state index in [0.717, 1.165) is 30.0 Å². The zero-order chi connectivity index (χ0) is 17.0. The molecule has 0 aliphatic heterocycles. The van der Waals surface area contributed by atoms with Crippen molar-refractivity contribution in [3.8, 4) is 5.75 Å². The summed E-state index contributed by atoms with van der Waals surface area (Å²) >= 11 is 5.55. The highest BCUT2D eigenvalue weighted by atomic mass is 32.1. The number of hydrogen-bond donors (Lipinski definition) is 2. The van der Waals surface area contributed by atoms with Crippen LogP contribution in [0.3, 0.4) is 0 Å². The van der Waals surface area contributed by atoms with Gasteiger partial charge < -0.3 is 15.4 Å². The Balaban J connectivity index is 1.76. The average molecular weight is 341 g/mol. The van der Waals surface area contributed by atoms with Crippen molar-refractivity contribution < 1.29 is 4.74 Å². The molecule has 2 aromatic rings. The fourth-order valence-corrected chi connectivity index (χ4v) is 3.64. The van der Waals surface area contributed by atoms with Gasteiger partial charge >= 0.3 is 0 Å². The number of benzene rings is 1. The molecule has 1 aliphatic carbocycles. The highest BCUT2D eigenvalue weighted by Gasteiger charge is 2.36. The van der Waals surface area contributed by atoms with Crippen LogP contribution >= 0.6 is 12.2 Å². The standard InChI is InChI=1S/C19H23N3OS/c1-14-9-12-20-17(13-14)21-18(24)22-19(10-3-4-11-19)15-5-7-16(23-2)8-6-15/h5-9,12-13H,3-4,10-11H2,1-2H3,(H2,20,21,22,24). The zero-order valence-electron chi connectivity index (χ0n) is 14.1. The van der Waals surface area contributed by atoms with Crippen molar-refractivity contribution in [1.82, 2.24) is 10.3 Å². The second-order valence-electron chi connectivity index (χ2n) is 6.32. The SMILES string of the molecule is COc1ccc(C2(NC(=S)Nc3cc(C)ccn3)CCCC2)cc1. The number of aromatic nitrogens is 1. The first-order chi connectivity index (χ1) is 11.6. The van der Waals surface area contributed by atoms with Crippen LogP contribution in [0.2, 0.25) is 0 Å². The van der Waals surface area contributed by atoms with Gasteiger partial charge in [-0.2, -0.15) is 0 Å². The van der Waals surface area contributed by atoms with Crippen LogP contribution < -0.4 is 15.4 Å². The fourth-order valence-electron chi connectivity index (χ4n) is 3.34. The molecule has 1 saturated carbocycles. The molecule has 126 valence electrons. The summed E-state index contributed by atoms with van der Waals surface area (Å²) in [6.07, 6.45) is 6.33. The molecule has 0 unspecified atom stereocenters. The van der Waals surface area contributed by atoms with E-state index in [1.165, 1.54) is 18.4 Å². The molecule has 0 radical (unpaired) electrons. The van der Waals surface area contributed by atoms with Crippen molar-refractivity contribution in [3.63, 3.8) is 0 Å². The molecule has 3 rings (SSSR count). The lowest BCUT2D eigenvalue weighted by Gasteiger charge is -2.32. The van der Waals surface area contributed by atoms with Gasteiger partial charge in [-0.15, -0.1) is 0 Å². The topological polar surface area (TPSA) is 46.2 Å². The van der Waals surface area contributed by atoms with Crippen LogP contribution in [0.25, 0.3) is 0 Å². The number of ether oxygens (including phenoxy) is 1. The Kier molecular flexibility index (Phi) is 5.00. The van der Waals surface area contributed by atoms with Gasteiger partial charge in [-0.1, -0.05) is 25.0 Å². The predicted octanol–water partition coefficient (Wildman–Crippen LogP) is 4.15. The largest absolute Gasteiger partial charge is 0.497 e. The first-order valence-electron chi connectivity index (χ1n) is 8.28. The maximum absolute atomic E-state index is 5.55. The summed E-state index contributed by atoms with van der Waals surface area (Å²) in [6.45, 7) is 2.04. The summed E-state index contributed by atoms with van der Waals surface area (Å²) in [5.74, 6) is 1.65. The number of nitrogens with zero attached hydrogens (tertiary/aromatic N) is 1. The van der Waals surface area contributed by atoms with Crippen molar-refractivity contribution in [1.29, 1.82) is 0 Å². The van der Waals surface area contributed by atoms with Crippen LogP contribution in [0.1, 0.15) is 36.8 Å². The monoisotopic (exact) mass is 341 g/mol. The van der Waals surface area contributed by atoms with Gasteiger partial charge in [0.05, 0.1) is 12.6 Å². The fraction of sp³-hybridized carbons (Fsp3) is 0.368. The molecule has 1 aliphatic rings. The quantitative estimate of drug-likeness (QED) is 0.818. The minimum absolute atomic E-state index is 0.111. The third-order valence-corrected chi connectivity index (χ3v) is 4.81. The Hall–Kier alpha value is -2.14. The minimum atomic E-state index is -0.111. The van der Waals surface area contributed by atoms with Crippen LogP contribution in [0, 0.1) is 6.92 Å². The number of pyridine rings is 1. The number of thiocarbonyl (C=S) groups is 1. The summed E-state index contributed by atoms with van der Waals surface area (Å²) < 4.78 is 5.27. The number of methoxy groups -OCH3 is 1. The molecule has 0 saturated heterocycles. The lowest BCUT2D eigenvalue weighted by Crippen LogP contribution is -2.45. The average Bonchev–Trinajstić information content (AvgIpc) is 3.04. The van der Waals surface area contributed by atoms with Gasteiger partial charge in [0.25, 0.3) is 0 Å². The van der Waals surface area contributed by atoms with Crippen molar-refractivity contribution in [2.24, 2.45) is 0 Å². The summed E-state index contributed by atoms with van der Waals surface area (Å²) in [5.41, 5.74) is 2.29. The van der Waals surface area contributed by atoms with E-state index in [0.29, 0.717) is 5.11 Å². The third kappa shape index (κ3) is 3.67. The van der Waals surface area contributed by atoms with E-state index in [9.17, 15) is 0 Å². The first kappa shape index (κ1) is 16.7. The van der Waals surface area contributed by atoms with Gasteiger partial charge in [0.1, 0.15) is 11.6 Å². The molecule has 5 heteroatoms. The third-order valence-electron chi connectivity index (χ3n) is 4.61. The Morgan fingerprint density at radius 2 is 1.88 bits per heavy atom. The normalized spacial score (nSPS) is 15.8. The zero-order valence-corrected chi connectivity index (χ0v) is 15.0. The van der Waals surface area contributed by atoms with Crippen molar-refractivity contribution in [2.75, 3.05) is 12.4 Å². The molecule has 0 bridgehead atoms. The molecule has 2 N–H and O–H groups in total. The second-order valence-corrected chi connectivity index (χ2v) is 6.72. The maximum atomic E-state index is 5.55. The highest BCUT2D eigenvalue weighted by molar-refractivity contribution is 7.80. The Morgan fingerprint density at radius 3 is 2.50 bits per heavy atom. The molecule has 1 aromatic heterocycles. The van der Waals surface area contributed by atoms with E-state index < -0.39 is 0 Å². The Bertz CT molecular complexity index is 709. The number of nitrogens with one attached hydrogen (secondary N) is 2. The summed E-state index contributed by atoms with van der Waals surface area (Å²) in [7, 11) is 1.69. The molecule has 24 heavy (non-hydrogen) atoms. The molecular formula is C19H23N3OS. The van der Waals surface area contributed by atoms with E-state index in [4.69, 9.17) is 17.0 Å². The van der Waals surface area contributed by atoms with Gasteiger partial charge in [0, 0.05) is 6.20 Å². The van der Waals surface area contributed by atoms with Crippen LogP contribution in [-0.2, 0) is 5.54 Å². The van der Waals surface area contributed by atoms with Crippen LogP contribution in [-0.4, -0.2) is 17.2 Å². The van der Waals surface area contributed by atoms with Crippen molar-refractivity contribution in [3.05, 3.63) is 53.7 Å². The van der Waals surface area contributed by atoms with E-state index in [2.05, 4.69) is 27.8 Å². The van der Waals surface area contributed by atoms with E-state index in [1.54, 1.807) is 13.3 Å². The van der Waals surface area contributed by atoms with E-state index in [1.807, 2.05) is 31.2 Å². The Morgan fingerprint density at radius 1 is 1.17 bits per heavy atom. The van der Waals surface area contributed by atoms with Crippen LogP contribution in [0.5, 0.6) is 5.75 Å². The first-order valence-corrected chi connectivity index (χ1v) is 8.68. The maximum Gasteiger partial charge on any atom is 0.172 e. The van der Waals surface area contributed by atoms with Crippen molar-refractivity contribution in [2.45, 2.75) is 38.1 Å². The molecular weight excluding hydrogens is 318 g/mol. The van der Waals surface area contributed by atoms with Gasteiger partial charge in [0.2, 0.25) is 0 Å². The molecule has 0 atom stereocenters. The number of aryl methyl sites for hydroxylation is 1. The van der Waals surface area contributed by atoms with Crippen LogP contribution in [0.4, 0.5) is 5.82 Å². The molecule has 1 heterocycles. The molecule has 0 amide bonds. The predicted molar refractivity (Wildman–Crippen MR) is 101 cm³/mol. The number of hydrogen-bond acceptors (Lipinski definition) is 3. The molecule has 0 spiro atoms. The smallest absolute Gasteiger partial charge is 0.172 e. The van der Waals surface area contributed by atoms with E-state index in [-0.39, 0.29) is 5.54 Å². The molecule has 1 aromatic carbocycles. The van der Waals surface area contributed by atoms with Gasteiger partial charge in [0.15, 0.2) is 5.11 Å². The van der Waals surface area contributed by atoms with Gasteiger partial charge in [-0.05, 0) is 67.4 Å². The van der Waals surface area contributed by atoms with Crippen molar-refractivity contribution >= 4 is 23.1 Å².